The summed E-state index contributed by atoms with van der Waals surface area (Å²) in [4.78, 5) is 11.1. The largest absolute Gasteiger partial charge is 0.300 e. The first-order chi connectivity index (χ1) is 5.29. The van der Waals surface area contributed by atoms with Crippen molar-refractivity contribution in [2.24, 2.45) is 0 Å². The number of allylic oxidation sites excluding steroid dienone is 2. The van der Waals surface area contributed by atoms with Crippen molar-refractivity contribution < 1.29 is 4.79 Å². The topological polar surface area (TPSA) is 17.1 Å². The third kappa shape index (κ3) is 3.35. The van der Waals surface area contributed by atoms with Crippen molar-refractivity contribution in [2.45, 2.75) is 45.4 Å². The van der Waals surface area contributed by atoms with Gasteiger partial charge >= 0.3 is 0 Å². The van der Waals surface area contributed by atoms with Crippen LogP contribution in [0.4, 0.5) is 0 Å². The van der Waals surface area contributed by atoms with Crippen molar-refractivity contribution >= 4 is 5.78 Å². The average molecular weight is 152 g/mol. The van der Waals surface area contributed by atoms with Gasteiger partial charge in [0.25, 0.3) is 0 Å². The van der Waals surface area contributed by atoms with Crippen LogP contribution in [0.25, 0.3) is 0 Å². The quantitative estimate of drug-likeness (QED) is 0.488. The first-order valence-electron chi connectivity index (χ1n) is 4.46. The van der Waals surface area contributed by atoms with Crippen molar-refractivity contribution in [2.75, 3.05) is 0 Å². The Kier molecular flexibility index (Phi) is 3.34. The second-order valence-electron chi connectivity index (χ2n) is 3.33. The standard InChI is InChI=1S/C10H16O/c1-9-5-2-3-7-10(11)8-4-6-9/h5H,2-4,6-8H2,1H3. The van der Waals surface area contributed by atoms with E-state index in [1.807, 2.05) is 0 Å². The van der Waals surface area contributed by atoms with Gasteiger partial charge in [-0.25, -0.2) is 0 Å². The van der Waals surface area contributed by atoms with Crippen molar-refractivity contribution in [3.05, 3.63) is 11.6 Å². The van der Waals surface area contributed by atoms with Crippen LogP contribution in [0.5, 0.6) is 0 Å². The van der Waals surface area contributed by atoms with E-state index in [0.29, 0.717) is 5.78 Å². The second-order valence-corrected chi connectivity index (χ2v) is 3.33. The highest BCUT2D eigenvalue weighted by Gasteiger charge is 2.03. The Hall–Kier alpha value is -0.590. The lowest BCUT2D eigenvalue weighted by Crippen LogP contribution is -1.95. The number of hydrogen-bond acceptors (Lipinski definition) is 1. The van der Waals surface area contributed by atoms with Crippen LogP contribution in [0, 0.1) is 0 Å². The number of ketones is 1. The number of rotatable bonds is 0. The molecule has 0 atom stereocenters. The normalized spacial score (nSPS) is 21.5. The molecule has 1 rings (SSSR count). The van der Waals surface area contributed by atoms with Crippen molar-refractivity contribution in [1.29, 1.82) is 0 Å². The summed E-state index contributed by atoms with van der Waals surface area (Å²) in [7, 11) is 0. The van der Waals surface area contributed by atoms with E-state index in [-0.39, 0.29) is 0 Å². The van der Waals surface area contributed by atoms with Crippen LogP contribution in [-0.4, -0.2) is 5.78 Å². The molecule has 0 aromatic heterocycles. The molecule has 0 saturated heterocycles. The summed E-state index contributed by atoms with van der Waals surface area (Å²) in [6.45, 7) is 2.16. The van der Waals surface area contributed by atoms with Gasteiger partial charge in [-0.1, -0.05) is 11.6 Å². The van der Waals surface area contributed by atoms with Gasteiger partial charge in [-0.3, -0.25) is 4.79 Å². The highest BCUT2D eigenvalue weighted by Crippen LogP contribution is 2.13. The Bertz CT molecular complexity index is 168. The molecule has 0 N–H and O–H groups in total. The first kappa shape index (κ1) is 8.51. The van der Waals surface area contributed by atoms with E-state index in [0.717, 1.165) is 38.5 Å². The molecule has 1 aliphatic carbocycles. The Balaban J connectivity index is 2.41. The number of carbonyl (C=O) groups is 1. The maximum Gasteiger partial charge on any atom is 0.132 e. The van der Waals surface area contributed by atoms with E-state index >= 15 is 0 Å². The summed E-state index contributed by atoms with van der Waals surface area (Å²) < 4.78 is 0. The van der Waals surface area contributed by atoms with Gasteiger partial charge in [0.15, 0.2) is 0 Å². The predicted octanol–water partition coefficient (Wildman–Crippen LogP) is 2.86. The second kappa shape index (κ2) is 4.32. The van der Waals surface area contributed by atoms with Crippen LogP contribution in [0.1, 0.15) is 45.4 Å². The maximum atomic E-state index is 11.1. The van der Waals surface area contributed by atoms with Gasteiger partial charge < -0.3 is 0 Å². The lowest BCUT2D eigenvalue weighted by Gasteiger charge is -1.96. The fourth-order valence-electron chi connectivity index (χ4n) is 1.44. The van der Waals surface area contributed by atoms with E-state index in [2.05, 4.69) is 13.0 Å². The van der Waals surface area contributed by atoms with Crippen molar-refractivity contribution in [3.8, 4) is 0 Å². The van der Waals surface area contributed by atoms with Crippen LogP contribution >= 0.6 is 0 Å². The number of carbonyl (C=O) groups excluding carboxylic acids is 1. The maximum absolute atomic E-state index is 11.1. The molecule has 1 aliphatic rings. The minimum atomic E-state index is 0.452. The van der Waals surface area contributed by atoms with Gasteiger partial charge in [-0.05, 0) is 32.6 Å². The molecular formula is C10H16O. The van der Waals surface area contributed by atoms with Crippen LogP contribution in [0.2, 0.25) is 0 Å². The fourth-order valence-corrected chi connectivity index (χ4v) is 1.44. The SMILES string of the molecule is CC1=CCCCC(=O)CCC1. The minimum absolute atomic E-state index is 0.452. The molecule has 0 fully saturated rings. The van der Waals surface area contributed by atoms with E-state index in [1.165, 1.54) is 5.57 Å². The van der Waals surface area contributed by atoms with Crippen LogP contribution < -0.4 is 0 Å². The zero-order chi connectivity index (χ0) is 8.10. The number of hydrogen-bond donors (Lipinski definition) is 0. The lowest BCUT2D eigenvalue weighted by molar-refractivity contribution is -0.119. The molecule has 0 amide bonds. The Morgan fingerprint density at radius 1 is 1.18 bits per heavy atom. The summed E-state index contributed by atoms with van der Waals surface area (Å²) >= 11 is 0. The molecule has 0 radical (unpaired) electrons. The van der Waals surface area contributed by atoms with E-state index in [9.17, 15) is 4.79 Å². The molecule has 0 spiro atoms. The Morgan fingerprint density at radius 3 is 2.73 bits per heavy atom. The third-order valence-electron chi connectivity index (χ3n) is 2.18. The molecule has 1 heteroatoms. The lowest BCUT2D eigenvalue weighted by atomic mass is 10.1. The predicted molar refractivity (Wildman–Crippen MR) is 46.5 cm³/mol. The molecule has 0 aromatic rings. The van der Waals surface area contributed by atoms with Gasteiger partial charge in [0.1, 0.15) is 5.78 Å². The third-order valence-corrected chi connectivity index (χ3v) is 2.18. The molecule has 11 heavy (non-hydrogen) atoms. The molecule has 0 aromatic carbocycles. The zero-order valence-electron chi connectivity index (χ0n) is 7.23. The molecule has 0 unspecified atom stereocenters. The summed E-state index contributed by atoms with van der Waals surface area (Å²) in [5.41, 5.74) is 1.46. The Labute approximate surface area is 68.5 Å². The summed E-state index contributed by atoms with van der Waals surface area (Å²) in [5.74, 6) is 0.452. The molecule has 0 heterocycles. The molecular weight excluding hydrogens is 136 g/mol. The molecule has 62 valence electrons. The molecule has 0 bridgehead atoms. The highest BCUT2D eigenvalue weighted by molar-refractivity contribution is 5.78. The smallest absolute Gasteiger partial charge is 0.132 e. The summed E-state index contributed by atoms with van der Waals surface area (Å²) in [5, 5.41) is 0. The van der Waals surface area contributed by atoms with Crippen LogP contribution in [0.15, 0.2) is 11.6 Å². The highest BCUT2D eigenvalue weighted by atomic mass is 16.1. The molecule has 1 nitrogen and oxygen atoms in total. The van der Waals surface area contributed by atoms with Gasteiger partial charge in [0.05, 0.1) is 0 Å². The van der Waals surface area contributed by atoms with Gasteiger partial charge in [0, 0.05) is 12.8 Å². The van der Waals surface area contributed by atoms with E-state index in [1.54, 1.807) is 0 Å². The van der Waals surface area contributed by atoms with Gasteiger partial charge in [-0.15, -0.1) is 0 Å². The van der Waals surface area contributed by atoms with Crippen molar-refractivity contribution in [3.63, 3.8) is 0 Å². The van der Waals surface area contributed by atoms with Crippen molar-refractivity contribution in [1.82, 2.24) is 0 Å². The van der Waals surface area contributed by atoms with Crippen LogP contribution in [-0.2, 0) is 4.79 Å². The monoisotopic (exact) mass is 152 g/mol. The Morgan fingerprint density at radius 2 is 1.91 bits per heavy atom. The average Bonchev–Trinajstić information content (AvgIpc) is 2.04. The van der Waals surface area contributed by atoms with Crippen LogP contribution in [0.3, 0.4) is 0 Å². The van der Waals surface area contributed by atoms with Gasteiger partial charge in [-0.2, -0.15) is 0 Å². The van der Waals surface area contributed by atoms with E-state index < -0.39 is 0 Å². The first-order valence-corrected chi connectivity index (χ1v) is 4.46. The fraction of sp³-hybridized carbons (Fsp3) is 0.700. The van der Waals surface area contributed by atoms with E-state index in [4.69, 9.17) is 0 Å². The minimum Gasteiger partial charge on any atom is -0.300 e. The number of Topliss-reactive ketones (excluding diaryl/α,β-unsaturated/α-hetero) is 1. The van der Waals surface area contributed by atoms with Gasteiger partial charge in [0.2, 0.25) is 0 Å². The zero-order valence-corrected chi connectivity index (χ0v) is 7.23. The summed E-state index contributed by atoms with van der Waals surface area (Å²) in [6.07, 6.45) is 8.19. The molecule has 0 aliphatic heterocycles. The molecule has 0 saturated carbocycles. The summed E-state index contributed by atoms with van der Waals surface area (Å²) in [6, 6.07) is 0.